The summed E-state index contributed by atoms with van der Waals surface area (Å²) >= 11 is 2.66. The van der Waals surface area contributed by atoms with Crippen molar-refractivity contribution < 1.29 is 14.3 Å². The Balaban J connectivity index is 2.14. The number of ketones is 2. The van der Waals surface area contributed by atoms with Crippen LogP contribution in [0.3, 0.4) is 0 Å². The van der Waals surface area contributed by atoms with Gasteiger partial charge >= 0.3 is 0 Å². The number of ether oxygens (including phenoxy) is 1. The summed E-state index contributed by atoms with van der Waals surface area (Å²) in [6, 6.07) is 0. The molecule has 0 amide bonds. The number of hydrogen-bond donors (Lipinski definition) is 1. The number of nitrogens with one attached hydrogen (secondary N) is 1. The highest BCUT2D eigenvalue weighted by molar-refractivity contribution is 8.02. The van der Waals surface area contributed by atoms with E-state index in [1.165, 1.54) is 30.0 Å². The molecule has 0 saturated carbocycles. The fourth-order valence-electron chi connectivity index (χ4n) is 2.43. The number of carbonyl (C=O) groups is 2. The zero-order valence-corrected chi connectivity index (χ0v) is 16.2. The van der Waals surface area contributed by atoms with Crippen molar-refractivity contribution in [1.82, 2.24) is 15.2 Å². The molecule has 2 aromatic rings. The normalized spacial score (nSPS) is 12.5. The maximum Gasteiger partial charge on any atom is 0.295 e. The molecule has 0 bridgehead atoms. The van der Waals surface area contributed by atoms with Crippen molar-refractivity contribution in [2.75, 3.05) is 0 Å². The van der Waals surface area contributed by atoms with E-state index in [1.807, 2.05) is 20.8 Å². The predicted molar refractivity (Wildman–Crippen MR) is 95.6 cm³/mol. The lowest BCUT2D eigenvalue weighted by Crippen LogP contribution is -2.15. The summed E-state index contributed by atoms with van der Waals surface area (Å²) in [6.45, 7) is 10.8. The van der Waals surface area contributed by atoms with E-state index in [0.29, 0.717) is 26.4 Å². The van der Waals surface area contributed by atoms with Crippen LogP contribution in [0.25, 0.3) is 0 Å². The standard InChI is InChI=1S/C16H21N3O3S2/c1-7(2)22-15-18-19-16(24-15)23-11(6)14(21)13-8(3)12(10(5)20)9(4)17-13/h7,11,17H,1-6H3/t11-/m0/s1. The number of Topliss-reactive ketones (excluding diaryl/α,β-unsaturated/α-hetero) is 2. The maximum atomic E-state index is 12.7. The SMILES string of the molecule is CC(=O)c1c(C)[nH]c(C(=O)[C@H](C)Sc2nnc(OC(C)C)s2)c1C. The predicted octanol–water partition coefficient (Wildman–Crippen LogP) is 3.84. The van der Waals surface area contributed by atoms with Crippen LogP contribution in [-0.2, 0) is 0 Å². The molecule has 2 heterocycles. The van der Waals surface area contributed by atoms with Crippen molar-refractivity contribution in [2.45, 2.75) is 57.2 Å². The van der Waals surface area contributed by atoms with Gasteiger partial charge in [0.25, 0.3) is 5.19 Å². The molecule has 0 radical (unpaired) electrons. The fraction of sp³-hybridized carbons (Fsp3) is 0.500. The van der Waals surface area contributed by atoms with Crippen LogP contribution in [0.15, 0.2) is 4.34 Å². The maximum absolute atomic E-state index is 12.7. The Morgan fingerprint density at radius 1 is 1.21 bits per heavy atom. The average molecular weight is 367 g/mol. The molecule has 24 heavy (non-hydrogen) atoms. The second-order valence-electron chi connectivity index (χ2n) is 5.81. The summed E-state index contributed by atoms with van der Waals surface area (Å²) in [5, 5.41) is 8.16. The number of aromatic nitrogens is 3. The molecule has 0 aromatic carbocycles. The van der Waals surface area contributed by atoms with Gasteiger partial charge < -0.3 is 9.72 Å². The largest absolute Gasteiger partial charge is 0.466 e. The van der Waals surface area contributed by atoms with Gasteiger partial charge in [0.05, 0.1) is 17.0 Å². The second kappa shape index (κ2) is 7.48. The number of aromatic amines is 1. The highest BCUT2D eigenvalue weighted by Crippen LogP contribution is 2.32. The number of H-pyrrole nitrogens is 1. The summed E-state index contributed by atoms with van der Waals surface area (Å²) < 4.78 is 6.17. The smallest absolute Gasteiger partial charge is 0.295 e. The van der Waals surface area contributed by atoms with Gasteiger partial charge in [-0.05, 0) is 58.4 Å². The quantitative estimate of drug-likeness (QED) is 0.591. The van der Waals surface area contributed by atoms with Gasteiger partial charge in [-0.15, -0.1) is 5.10 Å². The molecule has 0 aliphatic carbocycles. The molecule has 1 N–H and O–H groups in total. The first-order valence-electron chi connectivity index (χ1n) is 7.61. The van der Waals surface area contributed by atoms with E-state index in [0.717, 1.165) is 5.69 Å². The summed E-state index contributed by atoms with van der Waals surface area (Å²) in [4.78, 5) is 27.5. The number of aryl methyl sites for hydroxylation is 1. The first-order chi connectivity index (χ1) is 11.2. The molecule has 8 heteroatoms. The molecule has 1 atom stereocenters. The lowest BCUT2D eigenvalue weighted by Gasteiger charge is -2.07. The van der Waals surface area contributed by atoms with E-state index in [1.54, 1.807) is 13.8 Å². The first kappa shape index (κ1) is 18.7. The van der Waals surface area contributed by atoms with Gasteiger partial charge in [-0.3, -0.25) is 9.59 Å². The molecule has 130 valence electrons. The molecular weight excluding hydrogens is 346 g/mol. The van der Waals surface area contributed by atoms with Gasteiger partial charge in [0.1, 0.15) is 0 Å². The molecule has 0 saturated heterocycles. The van der Waals surface area contributed by atoms with Crippen LogP contribution < -0.4 is 4.74 Å². The Labute approximate surface area is 149 Å². The van der Waals surface area contributed by atoms with E-state index >= 15 is 0 Å². The lowest BCUT2D eigenvalue weighted by molar-refractivity contribution is 0.0988. The summed E-state index contributed by atoms with van der Waals surface area (Å²) in [7, 11) is 0. The van der Waals surface area contributed by atoms with Gasteiger partial charge in [-0.1, -0.05) is 16.9 Å². The Morgan fingerprint density at radius 3 is 2.42 bits per heavy atom. The Hall–Kier alpha value is -1.67. The van der Waals surface area contributed by atoms with Crippen molar-refractivity contribution in [2.24, 2.45) is 0 Å². The van der Waals surface area contributed by atoms with Crippen LogP contribution in [0.5, 0.6) is 5.19 Å². The lowest BCUT2D eigenvalue weighted by atomic mass is 10.0. The molecule has 6 nitrogen and oxygen atoms in total. The highest BCUT2D eigenvalue weighted by atomic mass is 32.2. The van der Waals surface area contributed by atoms with E-state index in [-0.39, 0.29) is 22.9 Å². The Morgan fingerprint density at radius 2 is 1.88 bits per heavy atom. The monoisotopic (exact) mass is 367 g/mol. The van der Waals surface area contributed by atoms with Gasteiger partial charge in [0, 0.05) is 11.3 Å². The van der Waals surface area contributed by atoms with Crippen LogP contribution >= 0.6 is 23.1 Å². The third kappa shape index (κ3) is 4.05. The Kier molecular flexibility index (Phi) is 5.82. The fourth-order valence-corrected chi connectivity index (χ4v) is 4.43. The molecule has 0 spiro atoms. The van der Waals surface area contributed by atoms with Gasteiger partial charge in [0.15, 0.2) is 15.9 Å². The minimum atomic E-state index is -0.346. The van der Waals surface area contributed by atoms with Gasteiger partial charge in [0.2, 0.25) is 0 Å². The van der Waals surface area contributed by atoms with E-state index in [4.69, 9.17) is 4.74 Å². The number of rotatable bonds is 7. The third-order valence-electron chi connectivity index (χ3n) is 3.41. The summed E-state index contributed by atoms with van der Waals surface area (Å²) in [5.74, 6) is -0.102. The molecule has 0 unspecified atom stereocenters. The van der Waals surface area contributed by atoms with E-state index < -0.39 is 0 Å². The summed E-state index contributed by atoms with van der Waals surface area (Å²) in [6.07, 6.45) is 0.0319. The third-order valence-corrected chi connectivity index (χ3v) is 5.41. The van der Waals surface area contributed by atoms with E-state index in [2.05, 4.69) is 15.2 Å². The second-order valence-corrected chi connectivity index (χ2v) is 8.33. The first-order valence-corrected chi connectivity index (χ1v) is 9.31. The van der Waals surface area contributed by atoms with Crippen LogP contribution in [0.4, 0.5) is 0 Å². The molecule has 0 aliphatic rings. The van der Waals surface area contributed by atoms with E-state index in [9.17, 15) is 9.59 Å². The number of carbonyl (C=O) groups excluding carboxylic acids is 2. The topological polar surface area (TPSA) is 84.9 Å². The van der Waals surface area contributed by atoms with Crippen molar-refractivity contribution in [1.29, 1.82) is 0 Å². The van der Waals surface area contributed by atoms with Crippen LogP contribution in [0.1, 0.15) is 59.8 Å². The minimum Gasteiger partial charge on any atom is -0.466 e. The molecule has 2 aromatic heterocycles. The van der Waals surface area contributed by atoms with Crippen LogP contribution in [0.2, 0.25) is 0 Å². The van der Waals surface area contributed by atoms with Gasteiger partial charge in [-0.2, -0.15) is 0 Å². The highest BCUT2D eigenvalue weighted by Gasteiger charge is 2.25. The Bertz CT molecular complexity index is 765. The molecular formula is C16H21N3O3S2. The number of thioether (sulfide) groups is 1. The molecule has 0 fully saturated rings. The summed E-state index contributed by atoms with van der Waals surface area (Å²) in [5.41, 5.74) is 2.52. The van der Waals surface area contributed by atoms with Crippen molar-refractivity contribution in [3.8, 4) is 5.19 Å². The zero-order chi connectivity index (χ0) is 18.0. The zero-order valence-electron chi connectivity index (χ0n) is 14.6. The van der Waals surface area contributed by atoms with Gasteiger partial charge in [-0.25, -0.2) is 0 Å². The van der Waals surface area contributed by atoms with Crippen molar-refractivity contribution >= 4 is 34.7 Å². The van der Waals surface area contributed by atoms with Crippen molar-refractivity contribution in [3.05, 3.63) is 22.5 Å². The molecule has 2 rings (SSSR count). The minimum absolute atomic E-state index is 0.0319. The molecule has 0 aliphatic heterocycles. The van der Waals surface area contributed by atoms with Crippen molar-refractivity contribution in [3.63, 3.8) is 0 Å². The number of nitrogens with zero attached hydrogens (tertiary/aromatic N) is 2. The van der Waals surface area contributed by atoms with Crippen LogP contribution in [0, 0.1) is 13.8 Å². The van der Waals surface area contributed by atoms with Crippen LogP contribution in [-0.4, -0.2) is 38.1 Å². The number of hydrogen-bond acceptors (Lipinski definition) is 7. The average Bonchev–Trinajstić information content (AvgIpc) is 3.01.